The summed E-state index contributed by atoms with van der Waals surface area (Å²) in [6.07, 6.45) is 5.34. The van der Waals surface area contributed by atoms with E-state index >= 15 is 0 Å². The van der Waals surface area contributed by atoms with Gasteiger partial charge in [0.1, 0.15) is 5.82 Å². The number of anilines is 1. The molecule has 0 aromatic carbocycles. The molecule has 0 bridgehead atoms. The third-order valence-electron chi connectivity index (χ3n) is 2.64. The highest BCUT2D eigenvalue weighted by Crippen LogP contribution is 2.27. The van der Waals surface area contributed by atoms with E-state index in [-0.39, 0.29) is 0 Å². The van der Waals surface area contributed by atoms with E-state index in [0.717, 1.165) is 18.2 Å². The third kappa shape index (κ3) is 1.17. The van der Waals surface area contributed by atoms with Gasteiger partial charge in [-0.25, -0.2) is 4.98 Å². The van der Waals surface area contributed by atoms with Crippen molar-refractivity contribution in [3.63, 3.8) is 0 Å². The van der Waals surface area contributed by atoms with Gasteiger partial charge in [-0.05, 0) is 42.4 Å². The summed E-state index contributed by atoms with van der Waals surface area (Å²) >= 11 is 0. The summed E-state index contributed by atoms with van der Waals surface area (Å²) in [6.45, 7) is 2.29. The van der Waals surface area contributed by atoms with E-state index in [0.29, 0.717) is 0 Å². The van der Waals surface area contributed by atoms with E-state index in [1.165, 1.54) is 24.0 Å². The van der Waals surface area contributed by atoms with Gasteiger partial charge in [0.15, 0.2) is 0 Å². The average Bonchev–Trinajstić information content (AvgIpc) is 2.04. The summed E-state index contributed by atoms with van der Waals surface area (Å²) < 4.78 is 0. The van der Waals surface area contributed by atoms with Crippen molar-refractivity contribution in [2.24, 2.45) is 5.92 Å². The zero-order valence-corrected chi connectivity index (χ0v) is 7.38. The molecule has 1 unspecified atom stereocenters. The van der Waals surface area contributed by atoms with Gasteiger partial charge in [0.05, 0.1) is 0 Å². The zero-order chi connectivity index (χ0) is 8.55. The van der Waals surface area contributed by atoms with Gasteiger partial charge in [-0.1, -0.05) is 6.92 Å². The van der Waals surface area contributed by atoms with Gasteiger partial charge < -0.3 is 5.73 Å². The number of nitrogens with zero attached hydrogens (tertiary/aromatic N) is 1. The molecule has 0 aliphatic heterocycles. The van der Waals surface area contributed by atoms with E-state index in [9.17, 15) is 0 Å². The Morgan fingerprint density at radius 2 is 2.42 bits per heavy atom. The van der Waals surface area contributed by atoms with Gasteiger partial charge in [0, 0.05) is 6.20 Å². The minimum atomic E-state index is 0.736. The Kier molecular flexibility index (Phi) is 1.75. The van der Waals surface area contributed by atoms with Crippen LogP contribution < -0.4 is 5.73 Å². The Labute approximate surface area is 72.8 Å². The second-order valence-corrected chi connectivity index (χ2v) is 3.68. The molecule has 0 saturated heterocycles. The van der Waals surface area contributed by atoms with Crippen LogP contribution in [0.1, 0.15) is 24.5 Å². The lowest BCUT2D eigenvalue weighted by molar-refractivity contribution is 0.501. The quantitative estimate of drug-likeness (QED) is 0.631. The number of hydrogen-bond acceptors (Lipinski definition) is 2. The van der Waals surface area contributed by atoms with E-state index in [1.807, 2.05) is 6.20 Å². The van der Waals surface area contributed by atoms with Crippen LogP contribution in [0.15, 0.2) is 12.3 Å². The molecular weight excluding hydrogens is 148 g/mol. The largest absolute Gasteiger partial charge is 0.383 e. The molecule has 1 heterocycles. The lowest BCUT2D eigenvalue weighted by Crippen LogP contribution is -2.13. The minimum Gasteiger partial charge on any atom is -0.383 e. The monoisotopic (exact) mass is 162 g/mol. The molecule has 1 aromatic rings. The molecule has 2 rings (SSSR count). The average molecular weight is 162 g/mol. The predicted molar refractivity (Wildman–Crippen MR) is 49.8 cm³/mol. The Morgan fingerprint density at radius 3 is 3.25 bits per heavy atom. The number of nitrogens with two attached hydrogens (primary N) is 1. The molecule has 0 saturated carbocycles. The summed E-state index contributed by atoms with van der Waals surface area (Å²) in [5, 5.41) is 0. The maximum atomic E-state index is 5.78. The molecule has 1 atom stereocenters. The highest BCUT2D eigenvalue weighted by molar-refractivity contribution is 5.45. The fourth-order valence-corrected chi connectivity index (χ4v) is 1.90. The van der Waals surface area contributed by atoms with Crippen molar-refractivity contribution in [2.45, 2.75) is 26.2 Å². The smallest absolute Gasteiger partial charge is 0.126 e. The van der Waals surface area contributed by atoms with Crippen LogP contribution in [-0.4, -0.2) is 4.98 Å². The summed E-state index contributed by atoms with van der Waals surface area (Å²) in [6, 6.07) is 2.10. The molecule has 0 fully saturated rings. The molecule has 0 radical (unpaired) electrons. The summed E-state index contributed by atoms with van der Waals surface area (Å²) in [5.41, 5.74) is 8.47. The Bertz CT molecular complexity index is 294. The van der Waals surface area contributed by atoms with Gasteiger partial charge in [-0.3, -0.25) is 0 Å². The lowest BCUT2D eigenvalue weighted by Gasteiger charge is -2.21. The SMILES string of the molecule is CC1CCc2c(ccnc2N)C1. The highest BCUT2D eigenvalue weighted by Gasteiger charge is 2.16. The number of rotatable bonds is 0. The summed E-state index contributed by atoms with van der Waals surface area (Å²) in [4.78, 5) is 4.10. The van der Waals surface area contributed by atoms with Crippen molar-refractivity contribution in [2.75, 3.05) is 5.73 Å². The van der Waals surface area contributed by atoms with Gasteiger partial charge >= 0.3 is 0 Å². The molecule has 64 valence electrons. The van der Waals surface area contributed by atoms with Crippen molar-refractivity contribution < 1.29 is 0 Å². The van der Waals surface area contributed by atoms with Gasteiger partial charge in [0.2, 0.25) is 0 Å². The molecule has 1 aliphatic carbocycles. The van der Waals surface area contributed by atoms with Crippen LogP contribution in [0.25, 0.3) is 0 Å². The van der Waals surface area contributed by atoms with Gasteiger partial charge in [-0.2, -0.15) is 0 Å². The number of nitrogen functional groups attached to an aromatic ring is 1. The normalized spacial score (nSPS) is 21.9. The van der Waals surface area contributed by atoms with Crippen molar-refractivity contribution in [3.8, 4) is 0 Å². The molecule has 0 spiro atoms. The maximum absolute atomic E-state index is 5.78. The summed E-state index contributed by atoms with van der Waals surface area (Å²) in [5.74, 6) is 1.54. The summed E-state index contributed by atoms with van der Waals surface area (Å²) in [7, 11) is 0. The van der Waals surface area contributed by atoms with E-state index < -0.39 is 0 Å². The molecule has 12 heavy (non-hydrogen) atoms. The molecule has 2 N–H and O–H groups in total. The first-order valence-corrected chi connectivity index (χ1v) is 4.49. The van der Waals surface area contributed by atoms with E-state index in [1.54, 1.807) is 0 Å². The van der Waals surface area contributed by atoms with Gasteiger partial charge in [0.25, 0.3) is 0 Å². The second-order valence-electron chi connectivity index (χ2n) is 3.68. The predicted octanol–water partition coefficient (Wildman–Crippen LogP) is 1.79. The molecule has 2 heteroatoms. The maximum Gasteiger partial charge on any atom is 0.126 e. The standard InChI is InChI=1S/C10H14N2/c1-7-2-3-9-8(6-7)4-5-12-10(9)11/h4-5,7H,2-3,6H2,1H3,(H2,11,12). The van der Waals surface area contributed by atoms with Crippen LogP contribution >= 0.6 is 0 Å². The Hall–Kier alpha value is -1.05. The molecular formula is C10H14N2. The minimum absolute atomic E-state index is 0.736. The van der Waals surface area contributed by atoms with Crippen molar-refractivity contribution in [1.29, 1.82) is 0 Å². The molecule has 1 aromatic heterocycles. The Balaban J connectivity index is 2.42. The second kappa shape index (κ2) is 2.77. The first-order chi connectivity index (χ1) is 5.77. The number of fused-ring (bicyclic) bond motifs is 1. The van der Waals surface area contributed by atoms with Crippen LogP contribution in [0.3, 0.4) is 0 Å². The first-order valence-electron chi connectivity index (χ1n) is 4.49. The third-order valence-corrected chi connectivity index (χ3v) is 2.64. The van der Waals surface area contributed by atoms with Crippen LogP contribution in [0, 0.1) is 5.92 Å². The molecule has 0 amide bonds. The number of pyridine rings is 1. The van der Waals surface area contributed by atoms with Crippen LogP contribution in [0.4, 0.5) is 5.82 Å². The lowest BCUT2D eigenvalue weighted by atomic mass is 9.86. The van der Waals surface area contributed by atoms with Crippen molar-refractivity contribution in [1.82, 2.24) is 4.98 Å². The number of hydrogen-bond donors (Lipinski definition) is 1. The molecule has 2 nitrogen and oxygen atoms in total. The van der Waals surface area contributed by atoms with Crippen LogP contribution in [0.2, 0.25) is 0 Å². The van der Waals surface area contributed by atoms with E-state index in [2.05, 4.69) is 18.0 Å². The fraction of sp³-hybridized carbons (Fsp3) is 0.500. The van der Waals surface area contributed by atoms with Crippen molar-refractivity contribution >= 4 is 5.82 Å². The first kappa shape index (κ1) is 7.59. The van der Waals surface area contributed by atoms with Crippen molar-refractivity contribution in [3.05, 3.63) is 23.4 Å². The molecule has 1 aliphatic rings. The van der Waals surface area contributed by atoms with Crippen LogP contribution in [-0.2, 0) is 12.8 Å². The Morgan fingerprint density at radius 1 is 1.58 bits per heavy atom. The zero-order valence-electron chi connectivity index (χ0n) is 7.38. The van der Waals surface area contributed by atoms with Gasteiger partial charge in [-0.15, -0.1) is 0 Å². The highest BCUT2D eigenvalue weighted by atomic mass is 14.8. The number of aromatic nitrogens is 1. The fourth-order valence-electron chi connectivity index (χ4n) is 1.90. The van der Waals surface area contributed by atoms with E-state index in [4.69, 9.17) is 5.73 Å². The topological polar surface area (TPSA) is 38.9 Å². The van der Waals surface area contributed by atoms with Crippen LogP contribution in [0.5, 0.6) is 0 Å².